The summed E-state index contributed by atoms with van der Waals surface area (Å²) < 4.78 is 0. The van der Waals surface area contributed by atoms with Gasteiger partial charge in [0.25, 0.3) is 0 Å². The second-order valence-corrected chi connectivity index (χ2v) is 7.98. The third-order valence-electron chi connectivity index (χ3n) is 4.68. The fourth-order valence-electron chi connectivity index (χ4n) is 3.05. The fourth-order valence-corrected chi connectivity index (χ4v) is 3.37. The van der Waals surface area contributed by atoms with Gasteiger partial charge in [-0.2, -0.15) is 0 Å². The van der Waals surface area contributed by atoms with E-state index in [2.05, 4.69) is 29.8 Å². The van der Waals surface area contributed by atoms with Gasteiger partial charge in [0, 0.05) is 11.4 Å². The Morgan fingerprint density at radius 1 is 0.773 bits per heavy atom. The minimum Gasteiger partial charge on any atom is -0.396 e. The molecule has 3 heteroatoms. The van der Waals surface area contributed by atoms with E-state index in [4.69, 9.17) is 5.11 Å². The van der Waals surface area contributed by atoms with Crippen molar-refractivity contribution in [3.05, 3.63) is 0 Å². The molecule has 0 aromatic heterocycles. The predicted octanol–water partition coefficient (Wildman–Crippen LogP) is 5.83. The van der Waals surface area contributed by atoms with Gasteiger partial charge in [0.05, 0.1) is 6.10 Å². The van der Waals surface area contributed by atoms with Crippen LogP contribution in [-0.4, -0.2) is 27.8 Å². The van der Waals surface area contributed by atoms with Crippen LogP contribution in [0, 0.1) is 5.92 Å². The molecule has 0 bridgehead atoms. The molecule has 0 amide bonds. The summed E-state index contributed by atoms with van der Waals surface area (Å²) in [6.07, 6.45) is 15.3. The van der Waals surface area contributed by atoms with E-state index in [9.17, 15) is 5.11 Å². The van der Waals surface area contributed by atoms with Crippen molar-refractivity contribution >= 4 is 15.9 Å². The topological polar surface area (TPSA) is 40.5 Å². The molecule has 0 rings (SSSR count). The summed E-state index contributed by atoms with van der Waals surface area (Å²) in [5, 5.41) is 19.1. The van der Waals surface area contributed by atoms with Gasteiger partial charge in [0.2, 0.25) is 0 Å². The first-order valence-electron chi connectivity index (χ1n) is 9.58. The molecule has 0 saturated carbocycles. The van der Waals surface area contributed by atoms with Crippen LogP contribution in [0.4, 0.5) is 0 Å². The Labute approximate surface area is 147 Å². The van der Waals surface area contributed by atoms with Gasteiger partial charge in [-0.3, -0.25) is 0 Å². The molecule has 0 aliphatic carbocycles. The Balaban J connectivity index is 3.62. The molecule has 0 saturated heterocycles. The first kappa shape index (κ1) is 22.4. The Hall–Kier alpha value is 0.400. The Bertz CT molecular complexity index is 223. The standard InChI is InChI=1S/C19H39BrO2/c1-3-5-12-17(19(22)15-16-21)13-10-8-6-7-9-11-14-18(20)4-2/h17-19,21-22H,3-16H2,1-2H3. The van der Waals surface area contributed by atoms with Gasteiger partial charge in [-0.25, -0.2) is 0 Å². The maximum Gasteiger partial charge on any atom is 0.0590 e. The van der Waals surface area contributed by atoms with E-state index in [0.717, 1.165) is 12.8 Å². The minimum absolute atomic E-state index is 0.107. The first-order valence-corrected chi connectivity index (χ1v) is 10.5. The molecule has 2 nitrogen and oxygen atoms in total. The highest BCUT2D eigenvalue weighted by Gasteiger charge is 2.17. The van der Waals surface area contributed by atoms with E-state index in [0.29, 0.717) is 17.2 Å². The van der Waals surface area contributed by atoms with Crippen LogP contribution in [0.1, 0.15) is 97.3 Å². The Morgan fingerprint density at radius 3 is 1.86 bits per heavy atom. The summed E-state index contributed by atoms with van der Waals surface area (Å²) >= 11 is 3.69. The lowest BCUT2D eigenvalue weighted by Gasteiger charge is -2.22. The average Bonchev–Trinajstić information content (AvgIpc) is 2.52. The van der Waals surface area contributed by atoms with Crippen LogP contribution in [-0.2, 0) is 0 Å². The van der Waals surface area contributed by atoms with Gasteiger partial charge >= 0.3 is 0 Å². The lowest BCUT2D eigenvalue weighted by molar-refractivity contribution is 0.0680. The normalized spacial score (nSPS) is 15.7. The molecule has 3 unspecified atom stereocenters. The smallest absolute Gasteiger partial charge is 0.0590 e. The lowest BCUT2D eigenvalue weighted by atomic mass is 9.89. The number of aliphatic hydroxyl groups is 2. The molecule has 0 aliphatic heterocycles. The van der Waals surface area contributed by atoms with Crippen molar-refractivity contribution in [2.75, 3.05) is 6.61 Å². The molecular weight excluding hydrogens is 340 g/mol. The fraction of sp³-hybridized carbons (Fsp3) is 1.00. The Morgan fingerprint density at radius 2 is 1.32 bits per heavy atom. The van der Waals surface area contributed by atoms with Crippen molar-refractivity contribution in [3.63, 3.8) is 0 Å². The van der Waals surface area contributed by atoms with Gasteiger partial charge in [-0.05, 0) is 38.0 Å². The van der Waals surface area contributed by atoms with E-state index < -0.39 is 0 Å². The minimum atomic E-state index is -0.304. The van der Waals surface area contributed by atoms with Crippen molar-refractivity contribution in [1.82, 2.24) is 0 Å². The van der Waals surface area contributed by atoms with Crippen LogP contribution in [0.3, 0.4) is 0 Å². The van der Waals surface area contributed by atoms with E-state index in [-0.39, 0.29) is 12.7 Å². The molecule has 0 fully saturated rings. The van der Waals surface area contributed by atoms with Gasteiger partial charge < -0.3 is 10.2 Å². The third-order valence-corrected chi connectivity index (χ3v) is 5.79. The zero-order valence-corrected chi connectivity index (χ0v) is 16.5. The van der Waals surface area contributed by atoms with Crippen LogP contribution in [0.5, 0.6) is 0 Å². The molecule has 0 aromatic rings. The van der Waals surface area contributed by atoms with E-state index in [1.807, 2.05) is 0 Å². The maximum absolute atomic E-state index is 10.1. The van der Waals surface area contributed by atoms with Crippen molar-refractivity contribution in [2.45, 2.75) is 108 Å². The van der Waals surface area contributed by atoms with E-state index in [1.165, 1.54) is 64.2 Å². The zero-order valence-electron chi connectivity index (χ0n) is 14.9. The van der Waals surface area contributed by atoms with Crippen LogP contribution in [0.2, 0.25) is 0 Å². The first-order chi connectivity index (χ1) is 10.7. The molecule has 0 radical (unpaired) electrons. The number of alkyl halides is 1. The van der Waals surface area contributed by atoms with Gasteiger partial charge in [0.1, 0.15) is 0 Å². The number of unbranched alkanes of at least 4 members (excludes halogenated alkanes) is 6. The molecule has 0 aliphatic rings. The second kappa shape index (κ2) is 16.3. The molecule has 22 heavy (non-hydrogen) atoms. The van der Waals surface area contributed by atoms with Crippen LogP contribution in [0.15, 0.2) is 0 Å². The van der Waals surface area contributed by atoms with Gasteiger partial charge in [0.15, 0.2) is 0 Å². The van der Waals surface area contributed by atoms with Crippen LogP contribution < -0.4 is 0 Å². The van der Waals surface area contributed by atoms with Crippen molar-refractivity contribution in [3.8, 4) is 0 Å². The molecule has 2 N–H and O–H groups in total. The summed E-state index contributed by atoms with van der Waals surface area (Å²) in [6, 6.07) is 0. The largest absolute Gasteiger partial charge is 0.396 e. The van der Waals surface area contributed by atoms with Crippen molar-refractivity contribution in [1.29, 1.82) is 0 Å². The number of hydrogen-bond donors (Lipinski definition) is 2. The summed E-state index contributed by atoms with van der Waals surface area (Å²) in [5.41, 5.74) is 0. The lowest BCUT2D eigenvalue weighted by Crippen LogP contribution is -2.21. The quantitative estimate of drug-likeness (QED) is 0.262. The SMILES string of the molecule is CCCCC(CCCCCCCCC(Br)CC)C(O)CCO. The van der Waals surface area contributed by atoms with Crippen molar-refractivity contribution < 1.29 is 10.2 Å². The monoisotopic (exact) mass is 378 g/mol. The summed E-state index contributed by atoms with van der Waals surface area (Å²) in [7, 11) is 0. The molecule has 134 valence electrons. The summed E-state index contributed by atoms with van der Waals surface area (Å²) in [6.45, 7) is 4.54. The average molecular weight is 379 g/mol. The molecule has 0 aromatic carbocycles. The zero-order chi connectivity index (χ0) is 16.6. The van der Waals surface area contributed by atoms with Gasteiger partial charge in [-0.1, -0.05) is 81.1 Å². The van der Waals surface area contributed by atoms with E-state index >= 15 is 0 Å². The summed E-state index contributed by atoms with van der Waals surface area (Å²) in [4.78, 5) is 0.708. The number of hydrogen-bond acceptors (Lipinski definition) is 2. The Kier molecular flexibility index (Phi) is 16.6. The van der Waals surface area contributed by atoms with Crippen LogP contribution >= 0.6 is 15.9 Å². The van der Waals surface area contributed by atoms with Crippen molar-refractivity contribution in [2.24, 2.45) is 5.92 Å². The number of aliphatic hydroxyl groups excluding tert-OH is 2. The second-order valence-electron chi connectivity index (χ2n) is 6.69. The number of rotatable bonds is 16. The van der Waals surface area contributed by atoms with Gasteiger partial charge in [-0.15, -0.1) is 0 Å². The predicted molar refractivity (Wildman–Crippen MR) is 101 cm³/mol. The van der Waals surface area contributed by atoms with Crippen LogP contribution in [0.25, 0.3) is 0 Å². The maximum atomic E-state index is 10.1. The summed E-state index contributed by atoms with van der Waals surface area (Å²) in [5.74, 6) is 0.394. The van der Waals surface area contributed by atoms with E-state index in [1.54, 1.807) is 0 Å². The molecule has 0 heterocycles. The molecule has 3 atom stereocenters. The number of halogens is 1. The molecule has 0 spiro atoms. The highest BCUT2D eigenvalue weighted by Crippen LogP contribution is 2.23. The highest BCUT2D eigenvalue weighted by atomic mass is 79.9. The highest BCUT2D eigenvalue weighted by molar-refractivity contribution is 9.09. The third kappa shape index (κ3) is 12.9. The molecular formula is C19H39BrO2.